The van der Waals surface area contributed by atoms with E-state index < -0.39 is 5.91 Å². The summed E-state index contributed by atoms with van der Waals surface area (Å²) < 4.78 is 0. The maximum atomic E-state index is 12.9. The average Bonchev–Trinajstić information content (AvgIpc) is 3.41. The van der Waals surface area contributed by atoms with Gasteiger partial charge in [0.15, 0.2) is 0 Å². The van der Waals surface area contributed by atoms with Crippen LogP contribution in [0, 0.1) is 5.92 Å². The Balaban J connectivity index is 1.56. The minimum absolute atomic E-state index is 0.0379. The highest BCUT2D eigenvalue weighted by Gasteiger charge is 2.46. The van der Waals surface area contributed by atoms with E-state index in [9.17, 15) is 9.59 Å². The van der Waals surface area contributed by atoms with Crippen molar-refractivity contribution in [2.75, 3.05) is 11.4 Å². The number of carbonyl (C=O) groups is 2. The van der Waals surface area contributed by atoms with Gasteiger partial charge in [0.1, 0.15) is 0 Å². The van der Waals surface area contributed by atoms with Crippen molar-refractivity contribution in [3.8, 4) is 0 Å². The zero-order valence-corrected chi connectivity index (χ0v) is 13.3. The van der Waals surface area contributed by atoms with E-state index in [1.54, 1.807) is 12.3 Å². The van der Waals surface area contributed by atoms with Crippen LogP contribution in [0.5, 0.6) is 0 Å². The van der Waals surface area contributed by atoms with Crippen molar-refractivity contribution in [1.82, 2.24) is 4.98 Å². The topological polar surface area (TPSA) is 76.3 Å². The number of fused-ring (bicyclic) bond motifs is 1. The Hall–Kier alpha value is -2.69. The highest BCUT2D eigenvalue weighted by molar-refractivity contribution is 5.99. The molecular formula is C19H19N3O2. The Kier molecular flexibility index (Phi) is 3.56. The minimum Gasteiger partial charge on any atom is -0.366 e. The number of pyridine rings is 1. The van der Waals surface area contributed by atoms with Crippen molar-refractivity contribution in [2.24, 2.45) is 11.7 Å². The van der Waals surface area contributed by atoms with Crippen LogP contribution in [0.1, 0.15) is 40.2 Å². The molecule has 2 atom stereocenters. The van der Waals surface area contributed by atoms with E-state index in [1.165, 1.54) is 0 Å². The van der Waals surface area contributed by atoms with Gasteiger partial charge in [0, 0.05) is 36.1 Å². The quantitative estimate of drug-likeness (QED) is 0.942. The summed E-state index contributed by atoms with van der Waals surface area (Å²) in [5.74, 6) is 0.0640. The monoisotopic (exact) mass is 321 g/mol. The predicted molar refractivity (Wildman–Crippen MR) is 90.7 cm³/mol. The number of hydrogen-bond donors (Lipinski definition) is 1. The molecule has 1 aromatic carbocycles. The molecule has 1 aromatic heterocycles. The summed E-state index contributed by atoms with van der Waals surface area (Å²) in [5.41, 5.74) is 8.95. The lowest BCUT2D eigenvalue weighted by molar-refractivity contribution is -0.120. The lowest BCUT2D eigenvalue weighted by Gasteiger charge is -2.30. The van der Waals surface area contributed by atoms with Crippen LogP contribution < -0.4 is 10.6 Å². The van der Waals surface area contributed by atoms with Gasteiger partial charge in [-0.2, -0.15) is 0 Å². The summed E-state index contributed by atoms with van der Waals surface area (Å²) in [6.45, 7) is 0.734. The second-order valence-electron chi connectivity index (χ2n) is 6.54. The number of aromatic nitrogens is 1. The van der Waals surface area contributed by atoms with Gasteiger partial charge < -0.3 is 10.6 Å². The minimum atomic E-state index is -0.430. The Morgan fingerprint density at radius 3 is 2.88 bits per heavy atom. The molecule has 24 heavy (non-hydrogen) atoms. The fraction of sp³-hybridized carbons (Fsp3) is 0.316. The maximum absolute atomic E-state index is 12.9. The Bertz CT molecular complexity index is 804. The Morgan fingerprint density at radius 1 is 1.25 bits per heavy atom. The van der Waals surface area contributed by atoms with Gasteiger partial charge in [-0.1, -0.05) is 6.07 Å². The number of nitrogens with zero attached hydrogens (tertiary/aromatic N) is 2. The van der Waals surface area contributed by atoms with Gasteiger partial charge in [0.25, 0.3) is 0 Å². The van der Waals surface area contributed by atoms with Crippen LogP contribution in [0.3, 0.4) is 0 Å². The zero-order valence-electron chi connectivity index (χ0n) is 13.3. The molecule has 0 saturated heterocycles. The van der Waals surface area contributed by atoms with Crippen LogP contribution in [0.15, 0.2) is 42.7 Å². The van der Waals surface area contributed by atoms with E-state index in [0.29, 0.717) is 5.56 Å². The van der Waals surface area contributed by atoms with Gasteiger partial charge in [-0.15, -0.1) is 0 Å². The van der Waals surface area contributed by atoms with Gasteiger partial charge >= 0.3 is 0 Å². The summed E-state index contributed by atoms with van der Waals surface area (Å²) in [4.78, 5) is 30.3. The number of anilines is 1. The molecule has 0 bridgehead atoms. The molecule has 5 heteroatoms. The Labute approximate surface area is 140 Å². The average molecular weight is 321 g/mol. The third-order valence-electron chi connectivity index (χ3n) is 4.97. The molecule has 2 aliphatic rings. The normalized spacial score (nSPS) is 21.9. The molecule has 122 valence electrons. The van der Waals surface area contributed by atoms with E-state index in [2.05, 4.69) is 4.98 Å². The van der Waals surface area contributed by atoms with E-state index in [0.717, 1.165) is 42.6 Å². The second kappa shape index (κ2) is 5.74. The van der Waals surface area contributed by atoms with Gasteiger partial charge in [0.05, 0.1) is 0 Å². The highest BCUT2D eigenvalue weighted by atomic mass is 16.2. The number of aryl methyl sites for hydroxylation is 1. The van der Waals surface area contributed by atoms with Crippen LogP contribution >= 0.6 is 0 Å². The van der Waals surface area contributed by atoms with Crippen molar-refractivity contribution in [1.29, 1.82) is 0 Å². The van der Waals surface area contributed by atoms with E-state index in [-0.39, 0.29) is 17.7 Å². The number of primary amides is 1. The molecule has 1 fully saturated rings. The van der Waals surface area contributed by atoms with Crippen molar-refractivity contribution in [3.63, 3.8) is 0 Å². The van der Waals surface area contributed by atoms with Crippen LogP contribution in [-0.4, -0.2) is 23.3 Å². The molecule has 2 aromatic rings. The fourth-order valence-electron chi connectivity index (χ4n) is 3.61. The predicted octanol–water partition coefficient (Wildman–Crippen LogP) is 2.26. The molecule has 5 nitrogen and oxygen atoms in total. The number of carbonyl (C=O) groups excluding carboxylic acids is 2. The number of hydrogen-bond acceptors (Lipinski definition) is 3. The first-order chi connectivity index (χ1) is 11.6. The van der Waals surface area contributed by atoms with Gasteiger partial charge in [-0.05, 0) is 60.6 Å². The SMILES string of the molecule is NC(=O)c1ccc2c(c1)CCCN2C(=O)[C@H]1C[C@@H]1c1cccnc1. The number of amides is 2. The van der Waals surface area contributed by atoms with Gasteiger partial charge in [0.2, 0.25) is 11.8 Å². The summed E-state index contributed by atoms with van der Waals surface area (Å²) in [6.07, 6.45) is 6.26. The lowest BCUT2D eigenvalue weighted by atomic mass is 9.98. The van der Waals surface area contributed by atoms with Crippen LogP contribution in [0.4, 0.5) is 5.69 Å². The first kappa shape index (κ1) is 14.9. The van der Waals surface area contributed by atoms with E-state index >= 15 is 0 Å². The molecule has 2 amide bonds. The molecule has 4 rings (SSSR count). The first-order valence-corrected chi connectivity index (χ1v) is 8.29. The third kappa shape index (κ3) is 2.56. The van der Waals surface area contributed by atoms with Crippen LogP contribution in [0.2, 0.25) is 0 Å². The summed E-state index contributed by atoms with van der Waals surface area (Å²) >= 11 is 0. The van der Waals surface area contributed by atoms with Crippen molar-refractivity contribution >= 4 is 17.5 Å². The molecule has 1 aliphatic carbocycles. The number of nitrogens with two attached hydrogens (primary N) is 1. The van der Waals surface area contributed by atoms with Crippen molar-refractivity contribution < 1.29 is 9.59 Å². The smallest absolute Gasteiger partial charge is 0.248 e. The van der Waals surface area contributed by atoms with Crippen LogP contribution in [0.25, 0.3) is 0 Å². The molecule has 0 radical (unpaired) electrons. The standard InChI is InChI=1S/C19H19N3O2/c20-18(23)13-5-6-17-12(9-13)4-2-8-22(17)19(24)16-10-15(16)14-3-1-7-21-11-14/h1,3,5-7,9,11,15-16H,2,4,8,10H2,(H2,20,23)/t15-,16+/m1/s1. The van der Waals surface area contributed by atoms with Crippen molar-refractivity contribution in [2.45, 2.75) is 25.2 Å². The molecule has 1 saturated carbocycles. The summed E-state index contributed by atoms with van der Waals surface area (Å²) in [7, 11) is 0. The molecular weight excluding hydrogens is 302 g/mol. The van der Waals surface area contributed by atoms with Gasteiger partial charge in [-0.25, -0.2) is 0 Å². The first-order valence-electron chi connectivity index (χ1n) is 8.29. The summed E-state index contributed by atoms with van der Waals surface area (Å²) in [6, 6.07) is 9.33. The van der Waals surface area contributed by atoms with E-state index in [1.807, 2.05) is 35.4 Å². The Morgan fingerprint density at radius 2 is 2.12 bits per heavy atom. The van der Waals surface area contributed by atoms with E-state index in [4.69, 9.17) is 5.73 Å². The van der Waals surface area contributed by atoms with Crippen molar-refractivity contribution in [3.05, 3.63) is 59.4 Å². The number of benzene rings is 1. The zero-order chi connectivity index (χ0) is 16.7. The molecule has 2 heterocycles. The number of rotatable bonds is 3. The fourth-order valence-corrected chi connectivity index (χ4v) is 3.61. The molecule has 1 aliphatic heterocycles. The maximum Gasteiger partial charge on any atom is 0.248 e. The largest absolute Gasteiger partial charge is 0.366 e. The summed E-state index contributed by atoms with van der Waals surface area (Å²) in [5, 5.41) is 0. The van der Waals surface area contributed by atoms with Gasteiger partial charge in [-0.3, -0.25) is 14.6 Å². The third-order valence-corrected chi connectivity index (χ3v) is 4.97. The highest BCUT2D eigenvalue weighted by Crippen LogP contribution is 2.49. The molecule has 2 N–H and O–H groups in total. The second-order valence-corrected chi connectivity index (χ2v) is 6.54. The molecule has 0 unspecified atom stereocenters. The molecule has 0 spiro atoms. The lowest BCUT2D eigenvalue weighted by Crippen LogP contribution is -2.37. The van der Waals surface area contributed by atoms with Crippen LogP contribution in [-0.2, 0) is 11.2 Å².